The van der Waals surface area contributed by atoms with Crippen LogP contribution in [0.2, 0.25) is 0 Å². The van der Waals surface area contributed by atoms with Crippen LogP contribution in [0.15, 0.2) is 18.2 Å². The second-order valence-corrected chi connectivity index (χ2v) is 5.07. The predicted octanol–water partition coefficient (Wildman–Crippen LogP) is 1.41. The summed E-state index contributed by atoms with van der Waals surface area (Å²) in [7, 11) is 0. The van der Waals surface area contributed by atoms with Crippen LogP contribution in [0.1, 0.15) is 36.2 Å². The molecule has 1 atom stereocenters. The first-order valence-corrected chi connectivity index (χ1v) is 6.28. The zero-order valence-corrected chi connectivity index (χ0v) is 11.6. The Morgan fingerprint density at radius 3 is 2.47 bits per heavy atom. The average Bonchev–Trinajstić information content (AvgIpc) is 2.30. The quantitative estimate of drug-likeness (QED) is 0.749. The Morgan fingerprint density at radius 2 is 1.95 bits per heavy atom. The average molecular weight is 263 g/mol. The maximum Gasteiger partial charge on any atom is 0.249 e. The van der Waals surface area contributed by atoms with Gasteiger partial charge in [0.05, 0.1) is 6.04 Å². The minimum Gasteiger partial charge on any atom is -0.366 e. The molecule has 19 heavy (non-hydrogen) atoms. The summed E-state index contributed by atoms with van der Waals surface area (Å²) in [6.45, 7) is 5.75. The van der Waals surface area contributed by atoms with Gasteiger partial charge in [0.2, 0.25) is 11.8 Å². The first-order chi connectivity index (χ1) is 8.82. The Hall–Kier alpha value is -1.88. The lowest BCUT2D eigenvalue weighted by atomic mass is 10.0. The van der Waals surface area contributed by atoms with Crippen LogP contribution in [0.25, 0.3) is 0 Å². The Bertz CT molecular complexity index is 484. The van der Waals surface area contributed by atoms with Crippen molar-refractivity contribution in [3.05, 3.63) is 29.3 Å². The Morgan fingerprint density at radius 1 is 1.32 bits per heavy atom. The van der Waals surface area contributed by atoms with E-state index in [0.29, 0.717) is 29.2 Å². The van der Waals surface area contributed by atoms with Gasteiger partial charge in [-0.2, -0.15) is 0 Å². The number of anilines is 1. The third-order valence-corrected chi connectivity index (χ3v) is 2.92. The number of nitrogens with one attached hydrogen (secondary N) is 1. The van der Waals surface area contributed by atoms with Crippen LogP contribution in [0.4, 0.5) is 5.69 Å². The van der Waals surface area contributed by atoms with Gasteiger partial charge in [0, 0.05) is 11.3 Å². The van der Waals surface area contributed by atoms with Crippen LogP contribution in [-0.2, 0) is 4.79 Å². The first-order valence-electron chi connectivity index (χ1n) is 6.28. The van der Waals surface area contributed by atoms with Crippen LogP contribution in [0, 0.1) is 12.8 Å². The van der Waals surface area contributed by atoms with E-state index in [1.807, 2.05) is 13.8 Å². The number of carbonyl (C=O) groups excluding carboxylic acids is 2. The van der Waals surface area contributed by atoms with Gasteiger partial charge in [0.1, 0.15) is 0 Å². The van der Waals surface area contributed by atoms with Gasteiger partial charge in [0.25, 0.3) is 0 Å². The summed E-state index contributed by atoms with van der Waals surface area (Å²) in [5.41, 5.74) is 12.7. The molecule has 5 N–H and O–H groups in total. The number of amides is 2. The number of benzene rings is 1. The number of nitrogens with two attached hydrogens (primary N) is 2. The molecule has 5 nitrogen and oxygen atoms in total. The van der Waals surface area contributed by atoms with Crippen LogP contribution in [-0.4, -0.2) is 17.9 Å². The van der Waals surface area contributed by atoms with E-state index < -0.39 is 11.9 Å². The highest BCUT2D eigenvalue weighted by molar-refractivity contribution is 5.99. The van der Waals surface area contributed by atoms with Gasteiger partial charge in [0.15, 0.2) is 0 Å². The fourth-order valence-electron chi connectivity index (χ4n) is 1.88. The van der Waals surface area contributed by atoms with E-state index in [9.17, 15) is 9.59 Å². The van der Waals surface area contributed by atoms with Crippen molar-refractivity contribution in [3.8, 4) is 0 Å². The van der Waals surface area contributed by atoms with Gasteiger partial charge in [-0.05, 0) is 37.0 Å². The Kier molecular flexibility index (Phi) is 5.06. The van der Waals surface area contributed by atoms with E-state index >= 15 is 0 Å². The van der Waals surface area contributed by atoms with Crippen molar-refractivity contribution in [2.45, 2.75) is 33.2 Å². The lowest BCUT2D eigenvalue weighted by molar-refractivity contribution is -0.117. The summed E-state index contributed by atoms with van der Waals surface area (Å²) in [5, 5.41) is 2.74. The van der Waals surface area contributed by atoms with Gasteiger partial charge in [-0.3, -0.25) is 9.59 Å². The molecular weight excluding hydrogens is 242 g/mol. The van der Waals surface area contributed by atoms with E-state index in [1.165, 1.54) is 0 Å². The van der Waals surface area contributed by atoms with Crippen molar-refractivity contribution >= 4 is 17.5 Å². The molecule has 104 valence electrons. The van der Waals surface area contributed by atoms with Gasteiger partial charge in [-0.25, -0.2) is 0 Å². The van der Waals surface area contributed by atoms with Gasteiger partial charge in [-0.1, -0.05) is 19.9 Å². The minimum atomic E-state index is -0.559. The Labute approximate surface area is 113 Å². The zero-order valence-electron chi connectivity index (χ0n) is 11.6. The molecular formula is C14H21N3O2. The number of hydrogen-bond donors (Lipinski definition) is 3. The lowest BCUT2D eigenvalue weighted by Gasteiger charge is -2.16. The smallest absolute Gasteiger partial charge is 0.249 e. The highest BCUT2D eigenvalue weighted by atomic mass is 16.2. The number of carbonyl (C=O) groups is 2. The summed E-state index contributed by atoms with van der Waals surface area (Å²) in [4.78, 5) is 23.2. The number of hydrogen-bond acceptors (Lipinski definition) is 3. The number of primary amides is 1. The summed E-state index contributed by atoms with van der Waals surface area (Å²) >= 11 is 0. The summed E-state index contributed by atoms with van der Waals surface area (Å²) in [6, 6.07) is 4.47. The van der Waals surface area contributed by atoms with Crippen LogP contribution in [0.3, 0.4) is 0 Å². The van der Waals surface area contributed by atoms with Gasteiger partial charge < -0.3 is 16.8 Å². The summed E-state index contributed by atoms with van der Waals surface area (Å²) < 4.78 is 0. The van der Waals surface area contributed by atoms with Crippen molar-refractivity contribution in [3.63, 3.8) is 0 Å². The molecule has 0 saturated heterocycles. The number of rotatable bonds is 5. The largest absolute Gasteiger partial charge is 0.366 e. The van der Waals surface area contributed by atoms with Gasteiger partial charge in [-0.15, -0.1) is 0 Å². The van der Waals surface area contributed by atoms with E-state index in [4.69, 9.17) is 11.5 Å². The van der Waals surface area contributed by atoms with E-state index in [2.05, 4.69) is 5.32 Å². The molecule has 0 radical (unpaired) electrons. The van der Waals surface area contributed by atoms with E-state index in [1.54, 1.807) is 25.1 Å². The van der Waals surface area contributed by atoms with Crippen molar-refractivity contribution in [2.24, 2.45) is 17.4 Å². The molecule has 2 amide bonds. The summed E-state index contributed by atoms with van der Waals surface area (Å²) in [5.74, 6) is -0.419. The molecule has 1 aromatic carbocycles. The normalized spacial score (nSPS) is 12.3. The predicted molar refractivity (Wildman–Crippen MR) is 75.8 cm³/mol. The molecule has 1 aromatic rings. The van der Waals surface area contributed by atoms with Crippen LogP contribution in [0.5, 0.6) is 0 Å². The molecule has 0 unspecified atom stereocenters. The molecule has 0 aliphatic rings. The third kappa shape index (κ3) is 4.06. The van der Waals surface area contributed by atoms with Crippen LogP contribution >= 0.6 is 0 Å². The van der Waals surface area contributed by atoms with Crippen molar-refractivity contribution in [1.29, 1.82) is 0 Å². The molecule has 1 rings (SSSR count). The van der Waals surface area contributed by atoms with E-state index in [-0.39, 0.29) is 5.91 Å². The van der Waals surface area contributed by atoms with Crippen molar-refractivity contribution in [1.82, 2.24) is 0 Å². The maximum absolute atomic E-state index is 11.9. The molecule has 0 spiro atoms. The van der Waals surface area contributed by atoms with Crippen molar-refractivity contribution < 1.29 is 9.59 Å². The molecule has 0 bridgehead atoms. The second-order valence-electron chi connectivity index (χ2n) is 5.07. The monoisotopic (exact) mass is 263 g/mol. The lowest BCUT2D eigenvalue weighted by Crippen LogP contribution is -2.36. The Balaban J connectivity index is 2.86. The standard InChI is InChI=1S/C14H21N3O2/c1-8(2)7-11(15)14(19)17-12-6-4-5-10(9(12)3)13(16)18/h4-6,8,11H,7,15H2,1-3H3,(H2,16,18)(H,17,19)/t11-/m1/s1. The molecule has 0 aromatic heterocycles. The maximum atomic E-state index is 11.9. The van der Waals surface area contributed by atoms with Gasteiger partial charge >= 0.3 is 0 Å². The highest BCUT2D eigenvalue weighted by Gasteiger charge is 2.17. The molecule has 0 fully saturated rings. The van der Waals surface area contributed by atoms with E-state index in [0.717, 1.165) is 0 Å². The van der Waals surface area contributed by atoms with Crippen LogP contribution < -0.4 is 16.8 Å². The minimum absolute atomic E-state index is 0.251. The molecule has 0 aliphatic heterocycles. The highest BCUT2D eigenvalue weighted by Crippen LogP contribution is 2.19. The fraction of sp³-hybridized carbons (Fsp3) is 0.429. The summed E-state index contributed by atoms with van der Waals surface area (Å²) in [6.07, 6.45) is 0.611. The molecule has 5 heteroatoms. The molecule has 0 heterocycles. The fourth-order valence-corrected chi connectivity index (χ4v) is 1.88. The second kappa shape index (κ2) is 6.33. The van der Waals surface area contributed by atoms with Crippen molar-refractivity contribution in [2.75, 3.05) is 5.32 Å². The molecule has 0 aliphatic carbocycles. The first kappa shape index (κ1) is 15.2. The third-order valence-electron chi connectivity index (χ3n) is 2.92. The topological polar surface area (TPSA) is 98.2 Å². The SMILES string of the molecule is Cc1c(NC(=O)[C@H](N)CC(C)C)cccc1C(N)=O. The molecule has 0 saturated carbocycles. The zero-order chi connectivity index (χ0) is 14.6.